The first-order valence-electron chi connectivity index (χ1n) is 8.04. The van der Waals surface area contributed by atoms with Crippen LogP contribution in [0.5, 0.6) is 0 Å². The van der Waals surface area contributed by atoms with E-state index >= 15 is 0 Å². The van der Waals surface area contributed by atoms with Crippen molar-refractivity contribution in [3.8, 4) is 0 Å². The van der Waals surface area contributed by atoms with Crippen LogP contribution in [0.15, 0.2) is 53.3 Å². The number of allylic oxidation sites excluding steroid dienone is 2. The normalized spacial score (nSPS) is 24.8. The molecule has 1 aliphatic carbocycles. The second-order valence-corrected chi connectivity index (χ2v) is 6.27. The van der Waals surface area contributed by atoms with Gasteiger partial charge in [-0.1, -0.05) is 30.3 Å². The highest BCUT2D eigenvalue weighted by molar-refractivity contribution is 5.53. The predicted molar refractivity (Wildman–Crippen MR) is 86.8 cm³/mol. The predicted octanol–water partition coefficient (Wildman–Crippen LogP) is 3.41. The number of benzene rings is 1. The summed E-state index contributed by atoms with van der Waals surface area (Å²) in [6.45, 7) is 2.80. The van der Waals surface area contributed by atoms with Gasteiger partial charge in [0.1, 0.15) is 12.5 Å². The average Bonchev–Trinajstić information content (AvgIpc) is 2.53. The fourth-order valence-electron chi connectivity index (χ4n) is 3.79. The number of aliphatic hydroxyl groups is 1. The molecule has 3 nitrogen and oxygen atoms in total. The zero-order chi connectivity index (χ0) is 15.5. The Bertz CT molecular complexity index is 603. The number of carbonyl (C=O) groups is 1. The third kappa shape index (κ3) is 2.86. The molecular formula is C19H23NO2. The SMILES string of the molecule is CC1=CN(Cc2ccccc2)C(O)C2=C1C(CC=O)CCC2. The molecule has 0 saturated heterocycles. The molecule has 3 rings (SSSR count). The van der Waals surface area contributed by atoms with Gasteiger partial charge in [-0.05, 0) is 54.4 Å². The van der Waals surface area contributed by atoms with E-state index in [9.17, 15) is 9.90 Å². The van der Waals surface area contributed by atoms with Gasteiger partial charge in [-0.15, -0.1) is 0 Å². The van der Waals surface area contributed by atoms with Crippen LogP contribution in [0.25, 0.3) is 0 Å². The van der Waals surface area contributed by atoms with Gasteiger partial charge >= 0.3 is 0 Å². The molecule has 116 valence electrons. The quantitative estimate of drug-likeness (QED) is 0.866. The molecule has 1 N–H and O–H groups in total. The van der Waals surface area contributed by atoms with Crippen LogP contribution >= 0.6 is 0 Å². The number of aldehydes is 1. The monoisotopic (exact) mass is 297 g/mol. The molecule has 0 radical (unpaired) electrons. The van der Waals surface area contributed by atoms with Crippen molar-refractivity contribution in [3.63, 3.8) is 0 Å². The molecule has 3 heteroatoms. The Labute approximate surface area is 132 Å². The summed E-state index contributed by atoms with van der Waals surface area (Å²) < 4.78 is 0. The number of hydrogen-bond acceptors (Lipinski definition) is 3. The van der Waals surface area contributed by atoms with E-state index in [1.54, 1.807) is 0 Å². The molecule has 0 bridgehead atoms. The summed E-state index contributed by atoms with van der Waals surface area (Å²) in [5, 5.41) is 10.8. The molecule has 0 amide bonds. The van der Waals surface area contributed by atoms with Crippen molar-refractivity contribution in [2.24, 2.45) is 5.92 Å². The van der Waals surface area contributed by atoms with Crippen LogP contribution < -0.4 is 0 Å². The lowest BCUT2D eigenvalue weighted by Crippen LogP contribution is -2.38. The summed E-state index contributed by atoms with van der Waals surface area (Å²) in [5.74, 6) is 0.283. The Balaban J connectivity index is 1.86. The molecule has 1 aromatic carbocycles. The summed E-state index contributed by atoms with van der Waals surface area (Å²) in [4.78, 5) is 12.9. The largest absolute Gasteiger partial charge is 0.370 e. The van der Waals surface area contributed by atoms with E-state index in [0.29, 0.717) is 13.0 Å². The van der Waals surface area contributed by atoms with Gasteiger partial charge in [0.15, 0.2) is 0 Å². The maximum absolute atomic E-state index is 10.9. The lowest BCUT2D eigenvalue weighted by atomic mass is 9.76. The Morgan fingerprint density at radius 1 is 1.32 bits per heavy atom. The van der Waals surface area contributed by atoms with Crippen molar-refractivity contribution in [1.82, 2.24) is 4.90 Å². The lowest BCUT2D eigenvalue weighted by molar-refractivity contribution is -0.108. The maximum atomic E-state index is 10.9. The minimum Gasteiger partial charge on any atom is -0.370 e. The summed E-state index contributed by atoms with van der Waals surface area (Å²) in [6, 6.07) is 10.2. The van der Waals surface area contributed by atoms with Gasteiger partial charge in [-0.3, -0.25) is 0 Å². The van der Waals surface area contributed by atoms with Crippen molar-refractivity contribution in [3.05, 3.63) is 58.8 Å². The van der Waals surface area contributed by atoms with E-state index in [4.69, 9.17) is 0 Å². The van der Waals surface area contributed by atoms with Crippen LogP contribution in [0.2, 0.25) is 0 Å². The van der Waals surface area contributed by atoms with E-state index in [-0.39, 0.29) is 5.92 Å². The van der Waals surface area contributed by atoms with E-state index in [1.807, 2.05) is 23.1 Å². The number of rotatable bonds is 4. The Morgan fingerprint density at radius 2 is 2.09 bits per heavy atom. The molecule has 2 atom stereocenters. The van der Waals surface area contributed by atoms with E-state index in [0.717, 1.165) is 31.1 Å². The third-order valence-corrected chi connectivity index (χ3v) is 4.75. The first kappa shape index (κ1) is 15.0. The third-order valence-electron chi connectivity index (χ3n) is 4.75. The van der Waals surface area contributed by atoms with E-state index in [1.165, 1.54) is 16.7 Å². The highest BCUT2D eigenvalue weighted by atomic mass is 16.3. The van der Waals surface area contributed by atoms with Crippen molar-refractivity contribution < 1.29 is 9.90 Å². The lowest BCUT2D eigenvalue weighted by Gasteiger charge is -2.39. The zero-order valence-electron chi connectivity index (χ0n) is 13.0. The van der Waals surface area contributed by atoms with Crippen molar-refractivity contribution in [2.75, 3.05) is 0 Å². The molecule has 1 aliphatic heterocycles. The van der Waals surface area contributed by atoms with Gasteiger partial charge in [0.2, 0.25) is 0 Å². The Morgan fingerprint density at radius 3 is 2.82 bits per heavy atom. The summed E-state index contributed by atoms with van der Waals surface area (Å²) in [5.41, 5.74) is 4.74. The molecule has 0 spiro atoms. The summed E-state index contributed by atoms with van der Waals surface area (Å²) in [6.07, 6.45) is 6.11. The Kier molecular flexibility index (Phi) is 4.44. The van der Waals surface area contributed by atoms with Gasteiger partial charge in [0.05, 0.1) is 0 Å². The molecule has 1 heterocycles. The molecule has 0 fully saturated rings. The zero-order valence-corrected chi connectivity index (χ0v) is 13.0. The molecule has 1 aromatic rings. The number of carbonyl (C=O) groups excluding carboxylic acids is 1. The Hall–Kier alpha value is -1.87. The molecule has 0 saturated carbocycles. The van der Waals surface area contributed by atoms with Crippen molar-refractivity contribution in [1.29, 1.82) is 0 Å². The fourth-order valence-corrected chi connectivity index (χ4v) is 3.79. The highest BCUT2D eigenvalue weighted by Gasteiger charge is 2.32. The minimum absolute atomic E-state index is 0.283. The summed E-state index contributed by atoms with van der Waals surface area (Å²) in [7, 11) is 0. The molecular weight excluding hydrogens is 274 g/mol. The maximum Gasteiger partial charge on any atom is 0.149 e. The van der Waals surface area contributed by atoms with Crippen LogP contribution in [-0.2, 0) is 11.3 Å². The number of hydrogen-bond donors (Lipinski definition) is 1. The van der Waals surface area contributed by atoms with Crippen LogP contribution in [0.4, 0.5) is 0 Å². The van der Waals surface area contributed by atoms with Gasteiger partial charge in [-0.2, -0.15) is 0 Å². The van der Waals surface area contributed by atoms with Gasteiger partial charge < -0.3 is 14.8 Å². The van der Waals surface area contributed by atoms with Gasteiger partial charge in [0.25, 0.3) is 0 Å². The average molecular weight is 297 g/mol. The van der Waals surface area contributed by atoms with Crippen LogP contribution in [-0.4, -0.2) is 22.5 Å². The topological polar surface area (TPSA) is 40.5 Å². The number of aliphatic hydroxyl groups excluding tert-OH is 1. The highest BCUT2D eigenvalue weighted by Crippen LogP contribution is 2.41. The number of nitrogens with zero attached hydrogens (tertiary/aromatic N) is 1. The van der Waals surface area contributed by atoms with Crippen LogP contribution in [0, 0.1) is 5.92 Å². The fraction of sp³-hybridized carbons (Fsp3) is 0.421. The van der Waals surface area contributed by atoms with Crippen molar-refractivity contribution in [2.45, 2.75) is 45.4 Å². The molecule has 2 unspecified atom stereocenters. The van der Waals surface area contributed by atoms with Gasteiger partial charge in [-0.25, -0.2) is 0 Å². The standard InChI is InChI=1S/C19H23NO2/c1-14-12-20(13-15-6-3-2-4-7-15)19(22)17-9-5-8-16(10-11-21)18(14)17/h2-4,6-7,11-12,16,19,22H,5,8-10,13H2,1H3. The second kappa shape index (κ2) is 6.49. The van der Waals surface area contributed by atoms with Crippen LogP contribution in [0.3, 0.4) is 0 Å². The smallest absolute Gasteiger partial charge is 0.149 e. The van der Waals surface area contributed by atoms with Crippen LogP contribution in [0.1, 0.15) is 38.2 Å². The molecule has 0 aromatic heterocycles. The first-order chi connectivity index (χ1) is 10.7. The molecule has 2 aliphatic rings. The summed E-state index contributed by atoms with van der Waals surface area (Å²) >= 11 is 0. The minimum atomic E-state index is -0.562. The van der Waals surface area contributed by atoms with Gasteiger partial charge in [0, 0.05) is 19.2 Å². The van der Waals surface area contributed by atoms with E-state index < -0.39 is 6.23 Å². The second-order valence-electron chi connectivity index (χ2n) is 6.27. The molecule has 22 heavy (non-hydrogen) atoms. The van der Waals surface area contributed by atoms with E-state index in [2.05, 4.69) is 25.3 Å². The van der Waals surface area contributed by atoms with Crippen molar-refractivity contribution >= 4 is 6.29 Å². The first-order valence-corrected chi connectivity index (χ1v) is 8.04.